The predicted octanol–water partition coefficient (Wildman–Crippen LogP) is 3.38. The van der Waals surface area contributed by atoms with Crippen molar-refractivity contribution >= 4 is 38.5 Å². The van der Waals surface area contributed by atoms with E-state index in [-0.39, 0.29) is 10.6 Å². The molecule has 2 aromatic rings. The van der Waals surface area contributed by atoms with Gasteiger partial charge in [-0.15, -0.1) is 0 Å². The Hall–Kier alpha value is -1.72. The van der Waals surface area contributed by atoms with Crippen molar-refractivity contribution in [2.75, 3.05) is 17.3 Å². The monoisotopic (exact) mass is 310 g/mol. The van der Waals surface area contributed by atoms with Crippen molar-refractivity contribution in [1.29, 1.82) is 0 Å². The van der Waals surface area contributed by atoms with Crippen LogP contribution in [0, 0.1) is 6.92 Å². The van der Waals surface area contributed by atoms with E-state index in [0.29, 0.717) is 10.7 Å². The molecule has 0 spiro atoms. The van der Waals surface area contributed by atoms with Gasteiger partial charge in [-0.05, 0) is 36.8 Å². The maximum atomic E-state index is 11.7. The van der Waals surface area contributed by atoms with Gasteiger partial charge in [-0.25, -0.2) is 8.42 Å². The highest BCUT2D eigenvalue weighted by Gasteiger charge is 2.14. The van der Waals surface area contributed by atoms with E-state index in [1.165, 1.54) is 6.07 Å². The largest absolute Gasteiger partial charge is 0.396 e. The third-order valence-corrected chi connectivity index (χ3v) is 4.32. The number of para-hydroxylation sites is 1. The Morgan fingerprint density at radius 1 is 1.15 bits per heavy atom. The molecule has 0 saturated heterocycles. The molecule has 0 amide bonds. The maximum absolute atomic E-state index is 11.7. The lowest BCUT2D eigenvalue weighted by Crippen LogP contribution is -2.05. The Labute approximate surface area is 123 Å². The highest BCUT2D eigenvalue weighted by molar-refractivity contribution is 7.90. The summed E-state index contributed by atoms with van der Waals surface area (Å²) in [5, 5.41) is 3.71. The minimum absolute atomic E-state index is 0.113. The van der Waals surface area contributed by atoms with Crippen LogP contribution < -0.4 is 11.1 Å². The topological polar surface area (TPSA) is 72.2 Å². The molecule has 0 heterocycles. The van der Waals surface area contributed by atoms with E-state index in [0.717, 1.165) is 17.5 Å². The van der Waals surface area contributed by atoms with Crippen LogP contribution in [0.25, 0.3) is 0 Å². The molecule has 2 aromatic carbocycles. The minimum Gasteiger partial charge on any atom is -0.396 e. The highest BCUT2D eigenvalue weighted by atomic mass is 35.5. The fourth-order valence-electron chi connectivity index (χ4n) is 1.85. The summed E-state index contributed by atoms with van der Waals surface area (Å²) in [5.41, 5.74) is 8.45. The summed E-state index contributed by atoms with van der Waals surface area (Å²) in [6, 6.07) is 10.3. The predicted molar refractivity (Wildman–Crippen MR) is 83.4 cm³/mol. The molecule has 0 aliphatic heterocycles. The number of halogens is 1. The van der Waals surface area contributed by atoms with Gasteiger partial charge in [-0.2, -0.15) is 0 Å². The molecular weight excluding hydrogens is 296 g/mol. The lowest BCUT2D eigenvalue weighted by molar-refractivity contribution is 0.602. The second-order valence-corrected chi connectivity index (χ2v) is 6.99. The molecule has 0 aliphatic carbocycles. The molecule has 0 radical (unpaired) electrons. The normalized spacial score (nSPS) is 11.3. The highest BCUT2D eigenvalue weighted by Crippen LogP contribution is 2.31. The Kier molecular flexibility index (Phi) is 3.92. The first kappa shape index (κ1) is 14.7. The number of anilines is 3. The fraction of sp³-hybridized carbons (Fsp3) is 0.143. The zero-order valence-electron chi connectivity index (χ0n) is 11.1. The maximum Gasteiger partial charge on any atom is 0.177 e. The number of nitrogens with one attached hydrogen (secondary N) is 1. The molecule has 2 rings (SSSR count). The van der Waals surface area contributed by atoms with Crippen LogP contribution in [0.15, 0.2) is 41.3 Å². The van der Waals surface area contributed by atoms with Crippen molar-refractivity contribution in [3.05, 3.63) is 47.0 Å². The van der Waals surface area contributed by atoms with Gasteiger partial charge in [0.15, 0.2) is 9.84 Å². The van der Waals surface area contributed by atoms with Crippen molar-refractivity contribution in [3.63, 3.8) is 0 Å². The number of rotatable bonds is 3. The first-order valence-corrected chi connectivity index (χ1v) is 8.17. The van der Waals surface area contributed by atoms with Crippen LogP contribution in [-0.4, -0.2) is 14.7 Å². The molecule has 4 nitrogen and oxygen atoms in total. The van der Waals surface area contributed by atoms with Crippen molar-refractivity contribution < 1.29 is 8.42 Å². The summed E-state index contributed by atoms with van der Waals surface area (Å²) in [7, 11) is -3.36. The summed E-state index contributed by atoms with van der Waals surface area (Å²) in [6.45, 7) is 1.93. The summed E-state index contributed by atoms with van der Waals surface area (Å²) < 4.78 is 23.3. The Bertz CT molecular complexity index is 758. The molecule has 6 heteroatoms. The molecule has 0 aromatic heterocycles. The van der Waals surface area contributed by atoms with Crippen LogP contribution in [0.3, 0.4) is 0 Å². The summed E-state index contributed by atoms with van der Waals surface area (Å²) in [6.07, 6.45) is 1.13. The van der Waals surface area contributed by atoms with Crippen LogP contribution in [-0.2, 0) is 9.84 Å². The number of nitrogens with two attached hydrogens (primary N) is 1. The van der Waals surface area contributed by atoms with Crippen molar-refractivity contribution in [2.24, 2.45) is 0 Å². The molecule has 0 atom stereocenters. The Balaban J connectivity index is 2.47. The Morgan fingerprint density at radius 3 is 2.50 bits per heavy atom. The molecule has 20 heavy (non-hydrogen) atoms. The number of hydrogen-bond acceptors (Lipinski definition) is 4. The summed E-state index contributed by atoms with van der Waals surface area (Å²) in [4.78, 5) is 0.113. The van der Waals surface area contributed by atoms with Crippen LogP contribution in [0.1, 0.15) is 5.56 Å². The third kappa shape index (κ3) is 3.05. The van der Waals surface area contributed by atoms with Gasteiger partial charge >= 0.3 is 0 Å². The number of hydrogen-bond donors (Lipinski definition) is 2. The van der Waals surface area contributed by atoms with Crippen molar-refractivity contribution in [2.45, 2.75) is 11.8 Å². The molecule has 0 saturated carbocycles. The average Bonchev–Trinajstić information content (AvgIpc) is 2.35. The van der Waals surface area contributed by atoms with E-state index in [1.807, 2.05) is 13.0 Å². The van der Waals surface area contributed by atoms with Gasteiger partial charge in [0, 0.05) is 17.0 Å². The summed E-state index contributed by atoms with van der Waals surface area (Å²) >= 11 is 5.96. The van der Waals surface area contributed by atoms with Crippen molar-refractivity contribution in [1.82, 2.24) is 0 Å². The lowest BCUT2D eigenvalue weighted by atomic mass is 10.2. The zero-order chi connectivity index (χ0) is 14.9. The molecule has 3 N–H and O–H groups in total. The van der Waals surface area contributed by atoms with Gasteiger partial charge in [0.1, 0.15) is 0 Å². The first-order valence-electron chi connectivity index (χ1n) is 5.91. The number of sulfone groups is 1. The first-order chi connectivity index (χ1) is 9.29. The SMILES string of the molecule is Cc1ccc(Cl)cc1Nc1cccc(S(C)(=O)=O)c1N. The van der Waals surface area contributed by atoms with Gasteiger partial charge < -0.3 is 11.1 Å². The van der Waals surface area contributed by atoms with E-state index >= 15 is 0 Å². The second-order valence-electron chi connectivity index (χ2n) is 4.57. The fourth-order valence-corrected chi connectivity index (χ4v) is 2.86. The third-order valence-electron chi connectivity index (χ3n) is 2.93. The molecular formula is C14H15ClN2O2S. The van der Waals surface area contributed by atoms with E-state index in [9.17, 15) is 8.42 Å². The van der Waals surface area contributed by atoms with Crippen LogP contribution >= 0.6 is 11.6 Å². The Morgan fingerprint density at radius 2 is 1.85 bits per heavy atom. The van der Waals surface area contributed by atoms with E-state index < -0.39 is 9.84 Å². The molecule has 106 valence electrons. The standard InChI is InChI=1S/C14H15ClN2O2S/c1-9-6-7-10(15)8-12(9)17-11-4-3-5-13(14(11)16)20(2,18)19/h3-8,17H,16H2,1-2H3. The average molecular weight is 311 g/mol. The van der Waals surface area contributed by atoms with E-state index in [2.05, 4.69) is 5.32 Å². The molecule has 0 fully saturated rings. The van der Waals surface area contributed by atoms with Crippen LogP contribution in [0.2, 0.25) is 5.02 Å². The van der Waals surface area contributed by atoms with Crippen LogP contribution in [0.5, 0.6) is 0 Å². The smallest absolute Gasteiger partial charge is 0.177 e. The lowest BCUT2D eigenvalue weighted by Gasteiger charge is -2.14. The van der Waals surface area contributed by atoms with Gasteiger partial charge in [-0.1, -0.05) is 23.7 Å². The minimum atomic E-state index is -3.36. The van der Waals surface area contributed by atoms with Gasteiger partial charge in [0.05, 0.1) is 16.3 Å². The summed E-state index contributed by atoms with van der Waals surface area (Å²) in [5.74, 6) is 0. The van der Waals surface area contributed by atoms with Gasteiger partial charge in [0.2, 0.25) is 0 Å². The molecule has 0 unspecified atom stereocenters. The molecule has 0 bridgehead atoms. The number of nitrogen functional groups attached to an aromatic ring is 1. The van der Waals surface area contributed by atoms with E-state index in [4.69, 9.17) is 17.3 Å². The number of aryl methyl sites for hydroxylation is 1. The van der Waals surface area contributed by atoms with Crippen molar-refractivity contribution in [3.8, 4) is 0 Å². The van der Waals surface area contributed by atoms with Gasteiger partial charge in [0.25, 0.3) is 0 Å². The van der Waals surface area contributed by atoms with Gasteiger partial charge in [-0.3, -0.25) is 0 Å². The second kappa shape index (κ2) is 5.34. The quantitative estimate of drug-likeness (QED) is 0.852. The van der Waals surface area contributed by atoms with E-state index in [1.54, 1.807) is 24.3 Å². The molecule has 0 aliphatic rings. The van der Waals surface area contributed by atoms with Crippen LogP contribution in [0.4, 0.5) is 17.1 Å². The zero-order valence-corrected chi connectivity index (χ0v) is 12.7. The number of benzene rings is 2.